The molecule has 324 valence electrons. The van der Waals surface area contributed by atoms with E-state index in [1.54, 1.807) is 0 Å². The first-order valence-corrected chi connectivity index (χ1v) is 23.6. The van der Waals surface area contributed by atoms with Crippen LogP contribution in [-0.2, 0) is 27.9 Å². The Morgan fingerprint density at radius 2 is 1.04 bits per heavy atom. The summed E-state index contributed by atoms with van der Waals surface area (Å²) in [5, 5.41) is 0. The lowest BCUT2D eigenvalue weighted by molar-refractivity contribution is -0.870. The van der Waals surface area contributed by atoms with Gasteiger partial charge in [-0.1, -0.05) is 164 Å². The quantitative estimate of drug-likeness (QED) is 0.0200. The first-order chi connectivity index (χ1) is 27.1. The SMILES string of the molecule is CC/C=C\C/C=C\C/C=C\C/C=C\C/C=C\C/C=C\CCCCCOCC(COP(=O)([O-])OCC[N+](C)(C)C)OC(=O)CCCCCCCCCCCCCC. The van der Waals surface area contributed by atoms with E-state index in [1.807, 2.05) is 21.1 Å². The molecule has 0 aromatic rings. The number of carbonyl (C=O) groups excluding carboxylic acids is 1. The molecule has 0 spiro atoms. The van der Waals surface area contributed by atoms with E-state index in [0.29, 0.717) is 24.1 Å². The van der Waals surface area contributed by atoms with Gasteiger partial charge in [0.05, 0.1) is 34.4 Å². The first kappa shape index (κ1) is 53.9. The van der Waals surface area contributed by atoms with Crippen LogP contribution in [0.1, 0.15) is 162 Å². The second kappa shape index (κ2) is 39.8. The number of hydrogen-bond acceptors (Lipinski definition) is 7. The third-order valence-electron chi connectivity index (χ3n) is 9.02. The number of phosphoric ester groups is 1. The molecule has 0 N–H and O–H groups in total. The van der Waals surface area contributed by atoms with Gasteiger partial charge < -0.3 is 27.9 Å². The van der Waals surface area contributed by atoms with Crippen LogP contribution in [-0.4, -0.2) is 70.7 Å². The molecule has 0 aliphatic carbocycles. The zero-order valence-electron chi connectivity index (χ0n) is 36.6. The fourth-order valence-corrected chi connectivity index (χ4v) is 6.34. The highest BCUT2D eigenvalue weighted by atomic mass is 31.2. The molecule has 0 radical (unpaired) electrons. The van der Waals surface area contributed by atoms with E-state index in [0.717, 1.165) is 83.5 Å². The summed E-state index contributed by atoms with van der Waals surface area (Å²) in [6, 6.07) is 0. The molecule has 2 unspecified atom stereocenters. The van der Waals surface area contributed by atoms with Gasteiger partial charge in [0, 0.05) is 13.0 Å². The minimum Gasteiger partial charge on any atom is -0.756 e. The highest BCUT2D eigenvalue weighted by Gasteiger charge is 2.20. The molecular weight excluding hydrogens is 721 g/mol. The number of esters is 1. The lowest BCUT2D eigenvalue weighted by atomic mass is 10.0. The number of rotatable bonds is 40. The Hall–Kier alpha value is -2.06. The van der Waals surface area contributed by atoms with Crippen LogP contribution >= 0.6 is 7.82 Å². The van der Waals surface area contributed by atoms with E-state index in [4.69, 9.17) is 18.5 Å². The van der Waals surface area contributed by atoms with Crippen molar-refractivity contribution in [3.05, 3.63) is 72.9 Å². The maximum atomic E-state index is 12.6. The van der Waals surface area contributed by atoms with E-state index in [1.165, 1.54) is 57.8 Å². The molecule has 0 amide bonds. The lowest BCUT2D eigenvalue weighted by Gasteiger charge is -2.28. The molecule has 0 fully saturated rings. The highest BCUT2D eigenvalue weighted by molar-refractivity contribution is 7.45. The van der Waals surface area contributed by atoms with Gasteiger partial charge >= 0.3 is 5.97 Å². The summed E-state index contributed by atoms with van der Waals surface area (Å²) < 4.78 is 34.5. The summed E-state index contributed by atoms with van der Waals surface area (Å²) in [7, 11) is 1.32. The van der Waals surface area contributed by atoms with Crippen molar-refractivity contribution in [1.82, 2.24) is 0 Å². The normalized spacial score (nSPS) is 14.5. The van der Waals surface area contributed by atoms with Crippen LogP contribution in [0.15, 0.2) is 72.9 Å². The van der Waals surface area contributed by atoms with E-state index in [2.05, 4.69) is 86.8 Å². The van der Waals surface area contributed by atoms with Gasteiger partial charge in [-0.05, 0) is 64.2 Å². The molecule has 0 saturated heterocycles. The number of phosphoric acid groups is 1. The Balaban J connectivity index is 4.29. The largest absolute Gasteiger partial charge is 0.756 e. The van der Waals surface area contributed by atoms with Crippen molar-refractivity contribution in [2.24, 2.45) is 0 Å². The van der Waals surface area contributed by atoms with Crippen molar-refractivity contribution >= 4 is 13.8 Å². The Bertz CT molecular complexity index is 1120. The Kier molecular flexibility index (Phi) is 38.3. The standard InChI is InChI=1S/C47H84NO7P/c1-6-8-10-12-14-16-18-20-21-22-23-24-25-26-27-28-29-31-33-35-37-39-42-52-44-46(45-54-56(50,51)53-43-41-48(3,4)5)55-47(49)40-38-36-34-32-30-19-17-15-13-11-9-7-2/h8,10,14,16,20-21,23-24,26-27,29,31,46H,6-7,9,11-13,15,17-19,22,25,28,30,32-45H2,1-5H3/b10-8-,16-14-,21-20-,24-23-,27-26-,31-29-. The van der Waals surface area contributed by atoms with Crippen LogP contribution in [0.5, 0.6) is 0 Å². The van der Waals surface area contributed by atoms with Gasteiger partial charge in [-0.2, -0.15) is 0 Å². The maximum absolute atomic E-state index is 12.6. The van der Waals surface area contributed by atoms with Crippen LogP contribution in [0, 0.1) is 0 Å². The van der Waals surface area contributed by atoms with Crippen LogP contribution in [0.2, 0.25) is 0 Å². The number of nitrogens with zero attached hydrogens (tertiary/aromatic N) is 1. The van der Waals surface area contributed by atoms with E-state index < -0.39 is 13.9 Å². The summed E-state index contributed by atoms with van der Waals surface area (Å²) in [5.74, 6) is -0.350. The third kappa shape index (κ3) is 43.1. The first-order valence-electron chi connectivity index (χ1n) is 22.2. The minimum absolute atomic E-state index is 0.0166. The molecule has 0 aliphatic heterocycles. The average Bonchev–Trinajstić information content (AvgIpc) is 3.15. The van der Waals surface area contributed by atoms with Crippen LogP contribution in [0.3, 0.4) is 0 Å². The van der Waals surface area contributed by atoms with Gasteiger partial charge in [-0.25, -0.2) is 0 Å². The molecule has 56 heavy (non-hydrogen) atoms. The monoisotopic (exact) mass is 806 g/mol. The van der Waals surface area contributed by atoms with Gasteiger partial charge in [0.1, 0.15) is 19.3 Å². The number of unbranched alkanes of at least 4 members (excludes halogenated alkanes) is 14. The summed E-state index contributed by atoms with van der Waals surface area (Å²) in [4.78, 5) is 25.0. The van der Waals surface area contributed by atoms with Gasteiger partial charge in [0.2, 0.25) is 0 Å². The van der Waals surface area contributed by atoms with Crippen molar-refractivity contribution < 1.29 is 37.3 Å². The number of ether oxygens (including phenoxy) is 2. The van der Waals surface area contributed by atoms with Gasteiger partial charge in [0.15, 0.2) is 0 Å². The minimum atomic E-state index is -4.53. The van der Waals surface area contributed by atoms with Crippen LogP contribution < -0.4 is 4.89 Å². The second-order valence-corrected chi connectivity index (χ2v) is 17.1. The van der Waals surface area contributed by atoms with Crippen molar-refractivity contribution in [3.63, 3.8) is 0 Å². The Morgan fingerprint density at radius 1 is 0.571 bits per heavy atom. The Morgan fingerprint density at radius 3 is 1.54 bits per heavy atom. The van der Waals surface area contributed by atoms with E-state index in [9.17, 15) is 14.3 Å². The fourth-order valence-electron chi connectivity index (χ4n) is 5.61. The summed E-state index contributed by atoms with van der Waals surface area (Å²) in [6.45, 7) is 5.19. The second-order valence-electron chi connectivity index (χ2n) is 15.7. The molecule has 0 saturated carbocycles. The van der Waals surface area contributed by atoms with Gasteiger partial charge in [-0.3, -0.25) is 9.36 Å². The summed E-state index contributed by atoms with van der Waals surface area (Å²) in [6.07, 6.45) is 50.6. The van der Waals surface area contributed by atoms with E-state index >= 15 is 0 Å². The lowest BCUT2D eigenvalue weighted by Crippen LogP contribution is -2.37. The predicted molar refractivity (Wildman–Crippen MR) is 235 cm³/mol. The van der Waals surface area contributed by atoms with Crippen molar-refractivity contribution in [2.75, 3.05) is 54.1 Å². The fraction of sp³-hybridized carbons (Fsp3) is 0.723. The average molecular weight is 806 g/mol. The zero-order valence-corrected chi connectivity index (χ0v) is 37.5. The zero-order chi connectivity index (χ0) is 41.3. The molecule has 2 atom stereocenters. The van der Waals surface area contributed by atoms with Crippen molar-refractivity contribution in [2.45, 2.75) is 168 Å². The molecule has 0 rings (SSSR count). The van der Waals surface area contributed by atoms with Crippen molar-refractivity contribution in [3.8, 4) is 0 Å². The molecular formula is C47H84NO7P. The predicted octanol–water partition coefficient (Wildman–Crippen LogP) is 12.5. The van der Waals surface area contributed by atoms with Crippen molar-refractivity contribution in [1.29, 1.82) is 0 Å². The van der Waals surface area contributed by atoms with Crippen LogP contribution in [0.4, 0.5) is 0 Å². The molecule has 0 aromatic carbocycles. The maximum Gasteiger partial charge on any atom is 0.306 e. The molecule has 0 bridgehead atoms. The molecule has 0 aromatic heterocycles. The number of hydrogen-bond donors (Lipinski definition) is 0. The summed E-state index contributed by atoms with van der Waals surface area (Å²) in [5.41, 5.74) is 0. The number of likely N-dealkylation sites (N-methyl/N-ethyl adjacent to an activating group) is 1. The highest BCUT2D eigenvalue weighted by Crippen LogP contribution is 2.38. The smallest absolute Gasteiger partial charge is 0.306 e. The number of carbonyl (C=O) groups is 1. The Labute approximate surface area is 344 Å². The molecule has 9 heteroatoms. The molecule has 8 nitrogen and oxygen atoms in total. The summed E-state index contributed by atoms with van der Waals surface area (Å²) >= 11 is 0. The molecule has 0 aliphatic rings. The van der Waals surface area contributed by atoms with Gasteiger partial charge in [-0.15, -0.1) is 0 Å². The topological polar surface area (TPSA) is 94.1 Å². The third-order valence-corrected chi connectivity index (χ3v) is 9.99. The number of allylic oxidation sites excluding steroid dienone is 12. The van der Waals surface area contributed by atoms with Gasteiger partial charge in [0.25, 0.3) is 7.82 Å². The van der Waals surface area contributed by atoms with Crippen LogP contribution in [0.25, 0.3) is 0 Å². The number of quaternary nitrogens is 1. The van der Waals surface area contributed by atoms with E-state index in [-0.39, 0.29) is 25.8 Å². The molecule has 0 heterocycles.